The second kappa shape index (κ2) is 9.96. The minimum atomic E-state index is -0.349. The van der Waals surface area contributed by atoms with Gasteiger partial charge in [-0.15, -0.1) is 0 Å². The smallest absolute Gasteiger partial charge is 0.258 e. The number of hydrogen-bond acceptors (Lipinski definition) is 3. The fraction of sp³-hybridized carbons (Fsp3) is 0.296. The number of phenolic OH excluding ortho intramolecular Hbond substituents is 1. The molecule has 0 aromatic heterocycles. The standard InChI is InChI=1S/C27H29FN2O2/c1-2-20-7-13-24(14-8-20)30(27(32)21-9-11-23(28)12-10-21)25-15-17-29(18-16-25)19-22-5-3-4-6-26(22)31/h3-14,25,31H,2,15-19H2,1H3. The van der Waals surface area contributed by atoms with Crippen LogP contribution in [-0.4, -0.2) is 35.0 Å². The average molecular weight is 433 g/mol. The topological polar surface area (TPSA) is 43.8 Å². The van der Waals surface area contributed by atoms with Gasteiger partial charge in [-0.2, -0.15) is 0 Å². The predicted octanol–water partition coefficient (Wildman–Crippen LogP) is 5.41. The molecule has 1 heterocycles. The molecule has 0 atom stereocenters. The van der Waals surface area contributed by atoms with E-state index in [9.17, 15) is 14.3 Å². The van der Waals surface area contributed by atoms with Crippen molar-refractivity contribution in [3.8, 4) is 5.75 Å². The van der Waals surface area contributed by atoms with E-state index in [0.29, 0.717) is 17.9 Å². The number of piperidine rings is 1. The lowest BCUT2D eigenvalue weighted by molar-refractivity contribution is 0.0958. The van der Waals surface area contributed by atoms with Crippen LogP contribution in [0.5, 0.6) is 5.75 Å². The molecular formula is C27H29FN2O2. The highest BCUT2D eigenvalue weighted by atomic mass is 19.1. The number of aryl methyl sites for hydroxylation is 1. The van der Waals surface area contributed by atoms with Crippen LogP contribution in [-0.2, 0) is 13.0 Å². The van der Waals surface area contributed by atoms with Gasteiger partial charge in [0.2, 0.25) is 0 Å². The van der Waals surface area contributed by atoms with Crippen LogP contribution >= 0.6 is 0 Å². The van der Waals surface area contributed by atoms with Gasteiger partial charge in [-0.1, -0.05) is 37.3 Å². The molecule has 1 N–H and O–H groups in total. The van der Waals surface area contributed by atoms with Gasteiger partial charge < -0.3 is 10.0 Å². The monoisotopic (exact) mass is 432 g/mol. The highest BCUT2D eigenvalue weighted by molar-refractivity contribution is 6.06. The summed E-state index contributed by atoms with van der Waals surface area (Å²) in [6, 6.07) is 21.4. The fourth-order valence-electron chi connectivity index (χ4n) is 4.34. The van der Waals surface area contributed by atoms with Gasteiger partial charge in [-0.3, -0.25) is 9.69 Å². The van der Waals surface area contributed by atoms with E-state index in [4.69, 9.17) is 0 Å². The highest BCUT2D eigenvalue weighted by Crippen LogP contribution is 2.28. The summed E-state index contributed by atoms with van der Waals surface area (Å²) in [5.74, 6) is -0.134. The third kappa shape index (κ3) is 5.00. The van der Waals surface area contributed by atoms with Crippen molar-refractivity contribution in [1.82, 2.24) is 4.90 Å². The number of phenols is 1. The molecule has 1 amide bonds. The van der Waals surface area contributed by atoms with E-state index < -0.39 is 0 Å². The summed E-state index contributed by atoms with van der Waals surface area (Å²) < 4.78 is 13.4. The minimum absolute atomic E-state index is 0.0562. The molecule has 0 radical (unpaired) electrons. The molecule has 1 fully saturated rings. The van der Waals surface area contributed by atoms with E-state index in [1.165, 1.54) is 17.7 Å². The fourth-order valence-corrected chi connectivity index (χ4v) is 4.34. The number of hydrogen-bond donors (Lipinski definition) is 1. The van der Waals surface area contributed by atoms with Crippen molar-refractivity contribution in [2.45, 2.75) is 38.8 Å². The minimum Gasteiger partial charge on any atom is -0.508 e. The molecule has 0 unspecified atom stereocenters. The molecule has 4 nitrogen and oxygen atoms in total. The third-order valence-electron chi connectivity index (χ3n) is 6.24. The number of likely N-dealkylation sites (tertiary alicyclic amines) is 1. The van der Waals surface area contributed by atoms with E-state index >= 15 is 0 Å². The van der Waals surface area contributed by atoms with Gasteiger partial charge in [0.25, 0.3) is 5.91 Å². The molecule has 0 spiro atoms. The molecule has 5 heteroatoms. The molecule has 0 bridgehead atoms. The van der Waals surface area contributed by atoms with Crippen molar-refractivity contribution < 1.29 is 14.3 Å². The van der Waals surface area contributed by atoms with Crippen molar-refractivity contribution in [3.05, 3.63) is 95.3 Å². The molecular weight excluding hydrogens is 403 g/mol. The molecule has 1 aliphatic heterocycles. The van der Waals surface area contributed by atoms with E-state index in [1.807, 2.05) is 35.2 Å². The van der Waals surface area contributed by atoms with Crippen LogP contribution in [0.15, 0.2) is 72.8 Å². The zero-order valence-corrected chi connectivity index (χ0v) is 18.4. The van der Waals surface area contributed by atoms with Crippen LogP contribution in [0.2, 0.25) is 0 Å². The number of carbonyl (C=O) groups excluding carboxylic acids is 1. The van der Waals surface area contributed by atoms with Crippen molar-refractivity contribution in [2.24, 2.45) is 0 Å². The number of aromatic hydroxyl groups is 1. The molecule has 0 saturated carbocycles. The van der Waals surface area contributed by atoms with E-state index in [0.717, 1.165) is 43.6 Å². The molecule has 3 aromatic carbocycles. The maximum atomic E-state index is 13.5. The normalized spacial score (nSPS) is 14.9. The third-order valence-corrected chi connectivity index (χ3v) is 6.24. The van der Waals surface area contributed by atoms with Gasteiger partial charge in [0, 0.05) is 42.5 Å². The summed E-state index contributed by atoms with van der Waals surface area (Å²) >= 11 is 0. The highest BCUT2D eigenvalue weighted by Gasteiger charge is 2.30. The van der Waals surface area contributed by atoms with Crippen molar-refractivity contribution in [3.63, 3.8) is 0 Å². The Morgan fingerprint density at radius 2 is 1.66 bits per heavy atom. The maximum absolute atomic E-state index is 13.5. The van der Waals surface area contributed by atoms with Crippen molar-refractivity contribution in [2.75, 3.05) is 18.0 Å². The second-order valence-corrected chi connectivity index (χ2v) is 8.34. The Balaban J connectivity index is 1.53. The zero-order chi connectivity index (χ0) is 22.5. The van der Waals surface area contributed by atoms with Crippen LogP contribution < -0.4 is 4.90 Å². The van der Waals surface area contributed by atoms with Crippen LogP contribution in [0.4, 0.5) is 10.1 Å². The molecule has 32 heavy (non-hydrogen) atoms. The summed E-state index contributed by atoms with van der Waals surface area (Å²) in [5.41, 5.74) is 3.50. The maximum Gasteiger partial charge on any atom is 0.258 e. The number of anilines is 1. The van der Waals surface area contributed by atoms with Crippen molar-refractivity contribution in [1.29, 1.82) is 0 Å². The average Bonchev–Trinajstić information content (AvgIpc) is 2.82. The first-order valence-electron chi connectivity index (χ1n) is 11.2. The molecule has 1 saturated heterocycles. The zero-order valence-electron chi connectivity index (χ0n) is 18.4. The summed E-state index contributed by atoms with van der Waals surface area (Å²) in [6.45, 7) is 4.46. The SMILES string of the molecule is CCc1ccc(N(C(=O)c2ccc(F)cc2)C2CCN(Cc3ccccc3O)CC2)cc1. The van der Waals surface area contributed by atoms with Crippen LogP contribution in [0.25, 0.3) is 0 Å². The summed E-state index contributed by atoms with van der Waals surface area (Å²) in [6.07, 6.45) is 2.60. The summed E-state index contributed by atoms with van der Waals surface area (Å²) in [7, 11) is 0. The quantitative estimate of drug-likeness (QED) is 0.567. The Morgan fingerprint density at radius 3 is 2.28 bits per heavy atom. The van der Waals surface area contributed by atoms with Gasteiger partial charge in [-0.25, -0.2) is 4.39 Å². The second-order valence-electron chi connectivity index (χ2n) is 8.34. The summed E-state index contributed by atoms with van der Waals surface area (Å²) in [5, 5.41) is 10.1. The first-order valence-corrected chi connectivity index (χ1v) is 11.2. The number of amides is 1. The molecule has 4 rings (SSSR count). The summed E-state index contributed by atoms with van der Waals surface area (Å²) in [4.78, 5) is 17.7. The molecule has 0 aliphatic carbocycles. The Bertz CT molecular complexity index is 1040. The Hall–Kier alpha value is -3.18. The number of benzene rings is 3. The van der Waals surface area contributed by atoms with Gasteiger partial charge in [0.15, 0.2) is 0 Å². The van der Waals surface area contributed by atoms with E-state index in [-0.39, 0.29) is 17.8 Å². The van der Waals surface area contributed by atoms with Gasteiger partial charge in [0.1, 0.15) is 11.6 Å². The molecule has 166 valence electrons. The lowest BCUT2D eigenvalue weighted by Gasteiger charge is -2.39. The van der Waals surface area contributed by atoms with Crippen LogP contribution in [0, 0.1) is 5.82 Å². The van der Waals surface area contributed by atoms with Crippen LogP contribution in [0.3, 0.4) is 0 Å². The first kappa shape index (κ1) is 22.0. The number of para-hydroxylation sites is 1. The van der Waals surface area contributed by atoms with Crippen molar-refractivity contribution >= 4 is 11.6 Å². The number of halogens is 1. The first-order chi connectivity index (χ1) is 15.5. The number of nitrogens with zero attached hydrogens (tertiary/aromatic N) is 2. The number of rotatable bonds is 6. The lowest BCUT2D eigenvalue weighted by atomic mass is 9.99. The molecule has 3 aromatic rings. The van der Waals surface area contributed by atoms with E-state index in [2.05, 4.69) is 24.0 Å². The van der Waals surface area contributed by atoms with Gasteiger partial charge in [-0.05, 0) is 67.3 Å². The predicted molar refractivity (Wildman–Crippen MR) is 125 cm³/mol. The largest absolute Gasteiger partial charge is 0.508 e. The van der Waals surface area contributed by atoms with Crippen LogP contribution in [0.1, 0.15) is 41.3 Å². The van der Waals surface area contributed by atoms with E-state index in [1.54, 1.807) is 18.2 Å². The Morgan fingerprint density at radius 1 is 1.00 bits per heavy atom. The lowest BCUT2D eigenvalue weighted by Crippen LogP contribution is -2.47. The Kier molecular flexibility index (Phi) is 6.86. The number of carbonyl (C=O) groups is 1. The molecule has 1 aliphatic rings. The van der Waals surface area contributed by atoms with Gasteiger partial charge in [0.05, 0.1) is 0 Å². The van der Waals surface area contributed by atoms with Gasteiger partial charge >= 0.3 is 0 Å². The Labute approximate surface area is 188 Å².